The summed E-state index contributed by atoms with van der Waals surface area (Å²) in [5.41, 5.74) is 8.52. The van der Waals surface area contributed by atoms with E-state index in [4.69, 9.17) is 4.74 Å². The predicted octanol–water partition coefficient (Wildman–Crippen LogP) is 10.8. The van der Waals surface area contributed by atoms with Crippen LogP contribution in [0.5, 0.6) is 0 Å². The van der Waals surface area contributed by atoms with Crippen molar-refractivity contribution in [1.29, 1.82) is 0 Å². The molecule has 0 amide bonds. The molecule has 1 nitrogen and oxygen atoms in total. The van der Waals surface area contributed by atoms with E-state index in [9.17, 15) is 0 Å². The van der Waals surface area contributed by atoms with E-state index >= 15 is 0 Å². The monoisotopic (exact) mass is 1080 g/mol. The lowest BCUT2D eigenvalue weighted by Crippen LogP contribution is -2.05. The Labute approximate surface area is 301 Å². The normalized spacial score (nSPS) is 11.2. The Kier molecular flexibility index (Phi) is 14.1. The zero-order chi connectivity index (χ0) is 27.6. The minimum Gasteiger partial charge on any atom is -0.376 e. The molecule has 4 aromatic carbocycles. The molecule has 6 heteroatoms. The Morgan fingerprint density at radius 2 is 0.923 bits per heavy atom. The van der Waals surface area contributed by atoms with Crippen molar-refractivity contribution in [2.75, 3.05) is 6.61 Å². The molecular weight excluding hydrogens is 1050 g/mol. The van der Waals surface area contributed by atoms with Crippen LogP contribution in [-0.2, 0) is 43.4 Å². The highest BCUT2D eigenvalue weighted by molar-refractivity contribution is 14.1. The van der Waals surface area contributed by atoms with Crippen LogP contribution in [0.1, 0.15) is 46.2 Å². The summed E-state index contributed by atoms with van der Waals surface area (Å²) in [6.07, 6.45) is 7.75. The van der Waals surface area contributed by atoms with Gasteiger partial charge in [-0.3, -0.25) is 0 Å². The second-order valence-corrected chi connectivity index (χ2v) is 15.8. The van der Waals surface area contributed by atoms with Gasteiger partial charge in [0.15, 0.2) is 0 Å². The lowest BCUT2D eigenvalue weighted by Gasteiger charge is -2.15. The van der Waals surface area contributed by atoms with Crippen molar-refractivity contribution >= 4 is 113 Å². The lowest BCUT2D eigenvalue weighted by molar-refractivity contribution is 0.123. The molecule has 4 aromatic rings. The van der Waals surface area contributed by atoms with Crippen molar-refractivity contribution in [1.82, 2.24) is 0 Å². The molecule has 0 aliphatic rings. The van der Waals surface area contributed by atoms with Gasteiger partial charge in [0.05, 0.1) is 13.2 Å². The van der Waals surface area contributed by atoms with E-state index in [1.54, 1.807) is 0 Å². The fourth-order valence-electron chi connectivity index (χ4n) is 4.77. The van der Waals surface area contributed by atoms with Crippen LogP contribution in [0.25, 0.3) is 0 Å². The maximum absolute atomic E-state index is 6.07. The maximum Gasteiger partial charge on any atom is 0.0717 e. The van der Waals surface area contributed by atoms with Gasteiger partial charge in [0.25, 0.3) is 0 Å². The van der Waals surface area contributed by atoms with Crippen LogP contribution >= 0.6 is 113 Å². The summed E-state index contributed by atoms with van der Waals surface area (Å²) in [6, 6.07) is 29.2. The van der Waals surface area contributed by atoms with E-state index in [0.717, 1.165) is 38.7 Å². The first-order valence-electron chi connectivity index (χ1n) is 13.2. The molecule has 204 valence electrons. The van der Waals surface area contributed by atoms with Gasteiger partial charge >= 0.3 is 0 Å². The van der Waals surface area contributed by atoms with Gasteiger partial charge < -0.3 is 4.74 Å². The van der Waals surface area contributed by atoms with Crippen molar-refractivity contribution in [2.45, 2.75) is 51.6 Å². The van der Waals surface area contributed by atoms with Gasteiger partial charge in [-0.1, -0.05) is 42.5 Å². The standard InChI is InChI=1S/C33H31I5O/c34-29-16-25(17-30(35)20-29)9-4-8-24-14-27(11-5-10-26-18-31(36)21-32(37)19-26)33(38)28(15-24)12-13-39-22-23-6-2-1-3-7-23/h1-3,6-7,14-21H,4-5,8-13,22H2. The first kappa shape index (κ1) is 32.4. The second-order valence-electron chi connectivity index (χ2n) is 9.78. The van der Waals surface area contributed by atoms with E-state index in [1.807, 2.05) is 0 Å². The maximum atomic E-state index is 6.07. The van der Waals surface area contributed by atoms with Gasteiger partial charge in [-0.05, 0) is 228 Å². The number of halogens is 5. The zero-order valence-corrected chi connectivity index (χ0v) is 32.5. The van der Waals surface area contributed by atoms with Crippen LogP contribution in [0, 0.1) is 17.9 Å². The zero-order valence-electron chi connectivity index (χ0n) is 21.7. The van der Waals surface area contributed by atoms with Crippen molar-refractivity contribution < 1.29 is 4.74 Å². The van der Waals surface area contributed by atoms with Crippen LogP contribution in [-0.4, -0.2) is 6.61 Å². The number of rotatable bonds is 13. The molecule has 39 heavy (non-hydrogen) atoms. The van der Waals surface area contributed by atoms with Crippen molar-refractivity contribution in [3.05, 3.63) is 130 Å². The molecule has 0 bridgehead atoms. The quantitative estimate of drug-likeness (QED) is 0.0958. The summed E-state index contributed by atoms with van der Waals surface area (Å²) in [7, 11) is 0. The van der Waals surface area contributed by atoms with E-state index in [1.165, 1.54) is 64.1 Å². The summed E-state index contributed by atoms with van der Waals surface area (Å²) in [5, 5.41) is 0. The minimum absolute atomic E-state index is 0.674. The SMILES string of the molecule is Ic1cc(I)cc(CCCc2cc(CCCc3cc(I)cc(I)c3)c(I)c(CCOCc3ccccc3)c2)c1. The van der Waals surface area contributed by atoms with Crippen LogP contribution < -0.4 is 0 Å². The highest BCUT2D eigenvalue weighted by Gasteiger charge is 2.11. The topological polar surface area (TPSA) is 9.23 Å². The highest BCUT2D eigenvalue weighted by Crippen LogP contribution is 2.25. The molecule has 0 radical (unpaired) electrons. The van der Waals surface area contributed by atoms with Crippen molar-refractivity contribution in [2.24, 2.45) is 0 Å². The molecule has 0 atom stereocenters. The van der Waals surface area contributed by atoms with Gasteiger partial charge in [-0.2, -0.15) is 0 Å². The molecule has 0 aromatic heterocycles. The Balaban J connectivity index is 1.42. The Bertz CT molecular complexity index is 1330. The van der Waals surface area contributed by atoms with E-state index in [2.05, 4.69) is 192 Å². The molecule has 0 saturated carbocycles. The summed E-state index contributed by atoms with van der Waals surface area (Å²) in [4.78, 5) is 0. The third-order valence-corrected chi connectivity index (χ3v) is 10.5. The molecule has 0 spiro atoms. The summed E-state index contributed by atoms with van der Waals surface area (Å²) in [5.74, 6) is 0. The Morgan fingerprint density at radius 1 is 0.462 bits per heavy atom. The average Bonchev–Trinajstić information content (AvgIpc) is 2.88. The second kappa shape index (κ2) is 17.0. The van der Waals surface area contributed by atoms with E-state index < -0.39 is 0 Å². The number of aryl methyl sites for hydroxylation is 4. The van der Waals surface area contributed by atoms with Gasteiger partial charge in [-0.15, -0.1) is 0 Å². The molecule has 0 aliphatic heterocycles. The van der Waals surface area contributed by atoms with Crippen LogP contribution in [0.15, 0.2) is 78.9 Å². The highest BCUT2D eigenvalue weighted by atomic mass is 127. The predicted molar refractivity (Wildman–Crippen MR) is 207 cm³/mol. The summed E-state index contributed by atoms with van der Waals surface area (Å²) < 4.78 is 12.8. The molecule has 0 saturated heterocycles. The van der Waals surface area contributed by atoms with E-state index in [0.29, 0.717) is 6.61 Å². The largest absolute Gasteiger partial charge is 0.376 e. The number of hydrogen-bond acceptors (Lipinski definition) is 1. The van der Waals surface area contributed by atoms with Crippen LogP contribution in [0.3, 0.4) is 0 Å². The summed E-state index contributed by atoms with van der Waals surface area (Å²) in [6.45, 7) is 1.42. The number of hydrogen-bond donors (Lipinski definition) is 0. The van der Waals surface area contributed by atoms with Gasteiger partial charge in [0.2, 0.25) is 0 Å². The smallest absolute Gasteiger partial charge is 0.0717 e. The first-order valence-corrected chi connectivity index (χ1v) is 18.6. The summed E-state index contributed by atoms with van der Waals surface area (Å²) >= 11 is 12.3. The molecule has 0 fully saturated rings. The fraction of sp³-hybridized carbons (Fsp3) is 0.273. The number of ether oxygens (including phenoxy) is 1. The van der Waals surface area contributed by atoms with Gasteiger partial charge in [-0.25, -0.2) is 0 Å². The third kappa shape index (κ3) is 11.3. The van der Waals surface area contributed by atoms with Crippen molar-refractivity contribution in [3.63, 3.8) is 0 Å². The molecule has 4 rings (SSSR count). The minimum atomic E-state index is 0.674. The van der Waals surface area contributed by atoms with Crippen LogP contribution in [0.4, 0.5) is 0 Å². The van der Waals surface area contributed by atoms with E-state index in [-0.39, 0.29) is 0 Å². The van der Waals surface area contributed by atoms with Crippen molar-refractivity contribution in [3.8, 4) is 0 Å². The molecular formula is C33H31I5O. The average molecular weight is 1080 g/mol. The molecule has 0 N–H and O–H groups in total. The fourth-order valence-corrected chi connectivity index (χ4v) is 9.75. The first-order chi connectivity index (χ1) is 18.9. The third-order valence-electron chi connectivity index (χ3n) is 6.60. The molecule has 0 aliphatic carbocycles. The Hall–Kier alpha value is 0.490. The Morgan fingerprint density at radius 3 is 1.46 bits per heavy atom. The molecule has 0 heterocycles. The van der Waals surface area contributed by atoms with Crippen LogP contribution in [0.2, 0.25) is 0 Å². The molecule has 0 unspecified atom stereocenters. The van der Waals surface area contributed by atoms with Gasteiger partial charge in [0, 0.05) is 17.9 Å². The van der Waals surface area contributed by atoms with Gasteiger partial charge in [0.1, 0.15) is 0 Å². The lowest BCUT2D eigenvalue weighted by atomic mass is 9.96. The number of benzene rings is 4.